The van der Waals surface area contributed by atoms with E-state index in [1.807, 2.05) is 0 Å². The number of aryl methyl sites for hydroxylation is 2. The molecule has 4 heterocycles. The lowest BCUT2D eigenvalue weighted by atomic mass is 10.0. The van der Waals surface area contributed by atoms with E-state index in [0.717, 1.165) is 6.07 Å². The quantitative estimate of drug-likeness (QED) is 0.414. The van der Waals surface area contributed by atoms with Gasteiger partial charge >= 0.3 is 11.9 Å². The average Bonchev–Trinajstić information content (AvgIpc) is 3.08. The van der Waals surface area contributed by atoms with Gasteiger partial charge in [-0.15, -0.1) is 0 Å². The van der Waals surface area contributed by atoms with E-state index in [1.54, 1.807) is 50.5 Å². The number of aromatic nitrogens is 5. The molecule has 0 saturated heterocycles. The van der Waals surface area contributed by atoms with Gasteiger partial charge in [0.05, 0.1) is 46.8 Å². The highest BCUT2D eigenvalue weighted by molar-refractivity contribution is 6.04. The molecule has 0 unspecified atom stereocenters. The summed E-state index contributed by atoms with van der Waals surface area (Å²) in [5, 5.41) is 0.582. The Kier molecular flexibility index (Phi) is 5.01. The second-order valence-electron chi connectivity index (χ2n) is 8.01. The summed E-state index contributed by atoms with van der Waals surface area (Å²) < 4.78 is 48.4. The Labute approximate surface area is 196 Å². The summed E-state index contributed by atoms with van der Waals surface area (Å²) in [6, 6.07) is 9.39. The van der Waals surface area contributed by atoms with Crippen LogP contribution in [0.25, 0.3) is 38.8 Å². The number of anilines is 1. The summed E-state index contributed by atoms with van der Waals surface area (Å²) in [6.45, 7) is 1.76. The van der Waals surface area contributed by atoms with Crippen LogP contribution in [-0.4, -0.2) is 31.2 Å². The van der Waals surface area contributed by atoms with Crippen LogP contribution in [0.5, 0.6) is 5.88 Å². The number of methoxy groups -OCH3 is 1. The minimum Gasteiger partial charge on any atom is -0.481 e. The molecule has 8 nitrogen and oxygen atoms in total. The number of nitrogens with zero attached hydrogens (tertiary/aromatic N) is 5. The van der Waals surface area contributed by atoms with E-state index < -0.39 is 17.6 Å². The first-order valence-corrected chi connectivity index (χ1v) is 10.5. The molecule has 0 saturated carbocycles. The number of nitrogens with two attached hydrogens (primary N) is 1. The molecule has 1 aromatic carbocycles. The zero-order chi connectivity index (χ0) is 25.1. The van der Waals surface area contributed by atoms with Gasteiger partial charge in [-0.25, -0.2) is 14.8 Å². The molecule has 0 spiro atoms. The van der Waals surface area contributed by atoms with Crippen molar-refractivity contribution >= 4 is 27.8 Å². The first-order valence-electron chi connectivity index (χ1n) is 10.5. The summed E-state index contributed by atoms with van der Waals surface area (Å²) in [5.41, 5.74) is 7.63. The van der Waals surface area contributed by atoms with Crippen LogP contribution in [0.2, 0.25) is 0 Å². The van der Waals surface area contributed by atoms with Crippen LogP contribution >= 0.6 is 0 Å². The third-order valence-electron chi connectivity index (χ3n) is 5.92. The summed E-state index contributed by atoms with van der Waals surface area (Å²) in [6.07, 6.45) is -1.76. The predicted molar refractivity (Wildman–Crippen MR) is 126 cm³/mol. The topological polar surface area (TPSA) is 101 Å². The summed E-state index contributed by atoms with van der Waals surface area (Å²) in [4.78, 5) is 25.8. The van der Waals surface area contributed by atoms with Crippen LogP contribution in [0, 0.1) is 6.92 Å². The summed E-state index contributed by atoms with van der Waals surface area (Å²) >= 11 is 0. The second-order valence-corrected chi connectivity index (χ2v) is 8.01. The molecule has 0 aliphatic rings. The third kappa shape index (κ3) is 3.56. The van der Waals surface area contributed by atoms with E-state index in [-0.39, 0.29) is 11.3 Å². The second kappa shape index (κ2) is 7.83. The van der Waals surface area contributed by atoms with Crippen LogP contribution < -0.4 is 16.2 Å². The Bertz CT molecular complexity index is 1690. The third-order valence-corrected chi connectivity index (χ3v) is 5.92. The van der Waals surface area contributed by atoms with Crippen molar-refractivity contribution in [1.29, 1.82) is 0 Å². The number of halogens is 3. The van der Waals surface area contributed by atoms with Crippen molar-refractivity contribution in [3.05, 3.63) is 70.5 Å². The molecule has 0 atom stereocenters. The number of pyridine rings is 3. The number of nitrogen functional groups attached to an aromatic ring is 1. The highest BCUT2D eigenvalue weighted by Gasteiger charge is 2.34. The van der Waals surface area contributed by atoms with E-state index in [2.05, 4.69) is 15.0 Å². The highest BCUT2D eigenvalue weighted by Crippen LogP contribution is 2.36. The number of rotatable bonds is 3. The molecular formula is C24H19F3N6O2. The highest BCUT2D eigenvalue weighted by atomic mass is 19.4. The molecule has 35 heavy (non-hydrogen) atoms. The monoisotopic (exact) mass is 480 g/mol. The molecule has 2 N–H and O–H groups in total. The zero-order valence-corrected chi connectivity index (χ0v) is 18.9. The van der Waals surface area contributed by atoms with Gasteiger partial charge in [-0.1, -0.05) is 6.07 Å². The number of alkyl halides is 3. The molecule has 0 aliphatic heterocycles. The van der Waals surface area contributed by atoms with Gasteiger partial charge in [0.2, 0.25) is 5.88 Å². The molecule has 0 bridgehead atoms. The van der Waals surface area contributed by atoms with Crippen molar-refractivity contribution < 1.29 is 17.9 Å². The zero-order valence-electron chi connectivity index (χ0n) is 18.9. The Morgan fingerprint density at radius 1 is 1.03 bits per heavy atom. The Hall–Kier alpha value is -4.41. The lowest BCUT2D eigenvalue weighted by Crippen LogP contribution is -2.21. The molecule has 0 radical (unpaired) electrons. The molecular weight excluding hydrogens is 461 g/mol. The summed E-state index contributed by atoms with van der Waals surface area (Å²) in [7, 11) is 3.13. The molecule has 5 aromatic rings. The van der Waals surface area contributed by atoms with Crippen molar-refractivity contribution in [3.8, 4) is 22.7 Å². The predicted octanol–water partition coefficient (Wildman–Crippen LogP) is 4.25. The van der Waals surface area contributed by atoms with Crippen molar-refractivity contribution in [3.63, 3.8) is 0 Å². The number of imidazole rings is 1. The molecule has 4 aromatic heterocycles. The minimum atomic E-state index is -4.64. The number of hydrogen-bond donors (Lipinski definition) is 1. The first kappa shape index (κ1) is 22.4. The van der Waals surface area contributed by atoms with Gasteiger partial charge in [0, 0.05) is 30.3 Å². The molecule has 0 amide bonds. The first-order chi connectivity index (χ1) is 16.6. The maximum atomic E-state index is 13.4. The average molecular weight is 480 g/mol. The van der Waals surface area contributed by atoms with Gasteiger partial charge in [0.25, 0.3) is 0 Å². The van der Waals surface area contributed by atoms with Crippen molar-refractivity contribution in [2.24, 2.45) is 7.05 Å². The number of ether oxygens (including phenoxy) is 1. The van der Waals surface area contributed by atoms with E-state index in [0.29, 0.717) is 44.8 Å². The molecule has 0 aliphatic carbocycles. The SMILES string of the molecule is COc1ccc(-n2c(=O)n(C)c3cnc4ccc(-c5cnc(N)c(C(F)(F)F)c5)cc4c32)c(C)n1. The molecule has 0 fully saturated rings. The number of benzene rings is 1. The standard InChI is InChI=1S/C24H19F3N6O2/c1-12-18(6-7-20(31-12)35-3)33-21-15-8-13(14-9-16(24(25,26)27)22(28)30-10-14)4-5-17(15)29-11-19(21)32(2)23(33)34/h4-11H,1-3H3,(H2,28,30). The lowest BCUT2D eigenvalue weighted by molar-refractivity contribution is -0.137. The minimum absolute atomic E-state index is 0.234. The Balaban J connectivity index is 1.82. The van der Waals surface area contributed by atoms with Gasteiger partial charge < -0.3 is 10.5 Å². The van der Waals surface area contributed by atoms with Gasteiger partial charge in [0.15, 0.2) is 0 Å². The van der Waals surface area contributed by atoms with Gasteiger partial charge in [-0.2, -0.15) is 13.2 Å². The van der Waals surface area contributed by atoms with Gasteiger partial charge in [-0.3, -0.25) is 14.1 Å². The maximum Gasteiger partial charge on any atom is 0.419 e. The maximum absolute atomic E-state index is 13.4. The molecule has 11 heteroatoms. The van der Waals surface area contributed by atoms with Gasteiger partial charge in [0.1, 0.15) is 5.82 Å². The Morgan fingerprint density at radius 3 is 2.49 bits per heavy atom. The number of fused-ring (bicyclic) bond motifs is 3. The van der Waals surface area contributed by atoms with Crippen LogP contribution in [-0.2, 0) is 13.2 Å². The van der Waals surface area contributed by atoms with Gasteiger partial charge in [-0.05, 0) is 36.8 Å². The summed E-state index contributed by atoms with van der Waals surface area (Å²) in [5.74, 6) is -0.185. The van der Waals surface area contributed by atoms with Crippen LogP contribution in [0.1, 0.15) is 11.3 Å². The van der Waals surface area contributed by atoms with E-state index >= 15 is 0 Å². The number of hydrogen-bond acceptors (Lipinski definition) is 6. The van der Waals surface area contributed by atoms with E-state index in [4.69, 9.17) is 10.5 Å². The normalized spacial score (nSPS) is 11.9. The van der Waals surface area contributed by atoms with Crippen molar-refractivity contribution in [1.82, 2.24) is 24.1 Å². The lowest BCUT2D eigenvalue weighted by Gasteiger charge is -2.12. The molecule has 178 valence electrons. The fourth-order valence-electron chi connectivity index (χ4n) is 4.14. The Morgan fingerprint density at radius 2 is 1.80 bits per heavy atom. The van der Waals surface area contributed by atoms with Crippen molar-refractivity contribution in [2.45, 2.75) is 13.1 Å². The largest absolute Gasteiger partial charge is 0.481 e. The van der Waals surface area contributed by atoms with E-state index in [1.165, 1.54) is 22.4 Å². The van der Waals surface area contributed by atoms with Crippen molar-refractivity contribution in [2.75, 3.05) is 12.8 Å². The van der Waals surface area contributed by atoms with E-state index in [9.17, 15) is 18.0 Å². The fourth-order valence-corrected chi connectivity index (χ4v) is 4.14. The van der Waals surface area contributed by atoms with Crippen LogP contribution in [0.4, 0.5) is 19.0 Å². The fraction of sp³-hybridized carbons (Fsp3) is 0.167. The smallest absolute Gasteiger partial charge is 0.419 e. The molecule has 5 rings (SSSR count). The van der Waals surface area contributed by atoms with Crippen LogP contribution in [0.3, 0.4) is 0 Å². The van der Waals surface area contributed by atoms with Crippen LogP contribution in [0.15, 0.2) is 53.6 Å².